The average Bonchev–Trinajstić information content (AvgIpc) is 2.54. The molecular formula is C20H44IN5. The molecule has 0 aromatic rings. The van der Waals surface area contributed by atoms with Crippen LogP contribution in [-0.2, 0) is 0 Å². The second-order valence-corrected chi connectivity index (χ2v) is 8.30. The lowest BCUT2D eigenvalue weighted by Gasteiger charge is -2.33. The van der Waals surface area contributed by atoms with E-state index in [9.17, 15) is 0 Å². The highest BCUT2D eigenvalue weighted by atomic mass is 127. The van der Waals surface area contributed by atoms with Gasteiger partial charge in [-0.2, -0.15) is 0 Å². The average molecular weight is 482 g/mol. The molecule has 26 heavy (non-hydrogen) atoms. The smallest absolute Gasteiger partial charge is 0.191 e. The summed E-state index contributed by atoms with van der Waals surface area (Å²) in [4.78, 5) is 9.82. The van der Waals surface area contributed by atoms with Gasteiger partial charge in [-0.15, -0.1) is 24.0 Å². The lowest BCUT2D eigenvalue weighted by Crippen LogP contribution is -2.46. The Balaban J connectivity index is 0.00000625. The SMILES string of the molecule is CCNC(=NCC(C)CN1CCN(C)CC1)NC(C)CCCC(C)C.I. The summed E-state index contributed by atoms with van der Waals surface area (Å²) < 4.78 is 0. The zero-order chi connectivity index (χ0) is 18.7. The lowest BCUT2D eigenvalue weighted by atomic mass is 10.0. The van der Waals surface area contributed by atoms with Crippen molar-refractivity contribution in [1.82, 2.24) is 20.4 Å². The molecule has 5 nitrogen and oxygen atoms in total. The summed E-state index contributed by atoms with van der Waals surface area (Å²) >= 11 is 0. The number of nitrogens with zero attached hydrogens (tertiary/aromatic N) is 3. The maximum atomic E-state index is 4.83. The molecule has 0 aliphatic carbocycles. The van der Waals surface area contributed by atoms with E-state index in [4.69, 9.17) is 4.99 Å². The number of nitrogens with one attached hydrogen (secondary N) is 2. The van der Waals surface area contributed by atoms with Crippen LogP contribution in [0.25, 0.3) is 0 Å². The van der Waals surface area contributed by atoms with Crippen molar-refractivity contribution in [3.63, 3.8) is 0 Å². The molecule has 2 N–H and O–H groups in total. The monoisotopic (exact) mass is 481 g/mol. The highest BCUT2D eigenvalue weighted by molar-refractivity contribution is 14.0. The highest BCUT2D eigenvalue weighted by Crippen LogP contribution is 2.08. The number of piperazine rings is 1. The molecule has 2 unspecified atom stereocenters. The Kier molecular flexibility index (Phi) is 14.9. The van der Waals surface area contributed by atoms with Gasteiger partial charge in [-0.3, -0.25) is 4.99 Å². The van der Waals surface area contributed by atoms with Gasteiger partial charge in [0.1, 0.15) is 0 Å². The number of hydrogen-bond acceptors (Lipinski definition) is 3. The summed E-state index contributed by atoms with van der Waals surface area (Å²) in [5.74, 6) is 2.37. The van der Waals surface area contributed by atoms with Gasteiger partial charge in [0.2, 0.25) is 0 Å². The molecule has 0 amide bonds. The van der Waals surface area contributed by atoms with Crippen molar-refractivity contribution in [2.75, 3.05) is 52.9 Å². The van der Waals surface area contributed by atoms with Gasteiger partial charge in [0.05, 0.1) is 0 Å². The van der Waals surface area contributed by atoms with E-state index in [1.807, 2.05) is 0 Å². The molecule has 1 rings (SSSR count). The predicted octanol–water partition coefficient (Wildman–Crippen LogP) is 3.26. The summed E-state index contributed by atoms with van der Waals surface area (Å²) in [6.45, 7) is 19.0. The van der Waals surface area contributed by atoms with Crippen molar-refractivity contribution in [3.8, 4) is 0 Å². The molecule has 6 heteroatoms. The van der Waals surface area contributed by atoms with Crippen LogP contribution in [0.2, 0.25) is 0 Å². The van der Waals surface area contributed by atoms with Crippen molar-refractivity contribution < 1.29 is 0 Å². The van der Waals surface area contributed by atoms with Crippen molar-refractivity contribution in [3.05, 3.63) is 0 Å². The third kappa shape index (κ3) is 12.3. The van der Waals surface area contributed by atoms with Crippen LogP contribution in [0.4, 0.5) is 0 Å². The second-order valence-electron chi connectivity index (χ2n) is 8.30. The number of likely N-dealkylation sites (N-methyl/N-ethyl adjacent to an activating group) is 1. The first-order valence-electron chi connectivity index (χ1n) is 10.4. The first-order chi connectivity index (χ1) is 11.9. The van der Waals surface area contributed by atoms with Crippen molar-refractivity contribution in [1.29, 1.82) is 0 Å². The van der Waals surface area contributed by atoms with E-state index in [0.29, 0.717) is 12.0 Å². The van der Waals surface area contributed by atoms with Gasteiger partial charge in [0.15, 0.2) is 5.96 Å². The van der Waals surface area contributed by atoms with Gasteiger partial charge >= 0.3 is 0 Å². The van der Waals surface area contributed by atoms with Gasteiger partial charge < -0.3 is 20.4 Å². The van der Waals surface area contributed by atoms with Gasteiger partial charge in [0, 0.05) is 51.9 Å². The largest absolute Gasteiger partial charge is 0.357 e. The zero-order valence-corrected chi connectivity index (χ0v) is 20.4. The molecule has 1 fully saturated rings. The summed E-state index contributed by atoms with van der Waals surface area (Å²) in [6, 6.07) is 0.476. The minimum absolute atomic E-state index is 0. The molecule has 0 aromatic carbocycles. The molecule has 2 atom stereocenters. The fourth-order valence-electron chi connectivity index (χ4n) is 3.23. The van der Waals surface area contributed by atoms with E-state index in [0.717, 1.165) is 31.5 Å². The number of rotatable bonds is 10. The number of aliphatic imine (C=N–C) groups is 1. The van der Waals surface area contributed by atoms with Crippen molar-refractivity contribution in [2.45, 2.75) is 59.9 Å². The van der Waals surface area contributed by atoms with Gasteiger partial charge in [-0.1, -0.05) is 33.6 Å². The fraction of sp³-hybridized carbons (Fsp3) is 0.950. The molecule has 0 bridgehead atoms. The van der Waals surface area contributed by atoms with E-state index >= 15 is 0 Å². The third-order valence-corrected chi connectivity index (χ3v) is 4.87. The van der Waals surface area contributed by atoms with E-state index in [-0.39, 0.29) is 24.0 Å². The molecule has 0 spiro atoms. The van der Waals surface area contributed by atoms with Crippen LogP contribution in [0.1, 0.15) is 53.9 Å². The Morgan fingerprint density at radius 3 is 2.27 bits per heavy atom. The highest BCUT2D eigenvalue weighted by Gasteiger charge is 2.16. The molecule has 0 aromatic heterocycles. The minimum Gasteiger partial charge on any atom is -0.357 e. The Morgan fingerprint density at radius 1 is 1.04 bits per heavy atom. The van der Waals surface area contributed by atoms with Crippen LogP contribution >= 0.6 is 24.0 Å². The quantitative estimate of drug-likeness (QED) is 0.286. The summed E-state index contributed by atoms with van der Waals surface area (Å²) in [5.41, 5.74) is 0. The molecular weight excluding hydrogens is 437 g/mol. The van der Waals surface area contributed by atoms with Crippen LogP contribution in [0.3, 0.4) is 0 Å². The number of guanidine groups is 1. The van der Waals surface area contributed by atoms with Crippen LogP contribution in [0.5, 0.6) is 0 Å². The first kappa shape index (κ1) is 25.9. The van der Waals surface area contributed by atoms with Gasteiger partial charge in [-0.05, 0) is 39.2 Å². The van der Waals surface area contributed by atoms with Crippen LogP contribution in [0, 0.1) is 11.8 Å². The number of halogens is 1. The molecule has 0 radical (unpaired) electrons. The predicted molar refractivity (Wildman–Crippen MR) is 126 cm³/mol. The summed E-state index contributed by atoms with van der Waals surface area (Å²) in [6.07, 6.45) is 3.80. The summed E-state index contributed by atoms with van der Waals surface area (Å²) in [5, 5.41) is 6.97. The molecule has 156 valence electrons. The van der Waals surface area contributed by atoms with Gasteiger partial charge in [-0.25, -0.2) is 0 Å². The third-order valence-electron chi connectivity index (χ3n) is 4.87. The Hall–Kier alpha value is -0.0800. The van der Waals surface area contributed by atoms with Gasteiger partial charge in [0.25, 0.3) is 0 Å². The molecule has 1 aliphatic heterocycles. The molecule has 1 aliphatic rings. The maximum Gasteiger partial charge on any atom is 0.191 e. The van der Waals surface area contributed by atoms with E-state index in [1.54, 1.807) is 0 Å². The van der Waals surface area contributed by atoms with E-state index in [1.165, 1.54) is 45.4 Å². The van der Waals surface area contributed by atoms with E-state index < -0.39 is 0 Å². The zero-order valence-electron chi connectivity index (χ0n) is 18.1. The maximum absolute atomic E-state index is 4.83. The summed E-state index contributed by atoms with van der Waals surface area (Å²) in [7, 11) is 2.21. The standard InChI is InChI=1S/C20H43N5.HI/c1-7-21-20(23-19(5)10-8-9-17(2)3)22-15-18(4)16-25-13-11-24(6)12-14-25;/h17-19H,7-16H2,1-6H3,(H2,21,22,23);1H. The van der Waals surface area contributed by atoms with Crippen molar-refractivity contribution >= 4 is 29.9 Å². The Morgan fingerprint density at radius 2 is 1.69 bits per heavy atom. The van der Waals surface area contributed by atoms with Crippen LogP contribution < -0.4 is 10.6 Å². The van der Waals surface area contributed by atoms with Crippen molar-refractivity contribution in [2.24, 2.45) is 16.8 Å². The molecule has 1 saturated heterocycles. The normalized spacial score (nSPS) is 19.1. The topological polar surface area (TPSA) is 42.9 Å². The van der Waals surface area contributed by atoms with Crippen LogP contribution in [-0.4, -0.2) is 74.7 Å². The Bertz CT molecular complexity index is 367. The molecule has 1 heterocycles. The second kappa shape index (κ2) is 14.9. The number of hydrogen-bond donors (Lipinski definition) is 2. The molecule has 0 saturated carbocycles. The minimum atomic E-state index is 0. The van der Waals surface area contributed by atoms with E-state index in [2.05, 4.69) is 62.1 Å². The first-order valence-corrected chi connectivity index (χ1v) is 10.4. The Labute approximate surface area is 179 Å². The lowest BCUT2D eigenvalue weighted by molar-refractivity contribution is 0.140. The fourth-order valence-corrected chi connectivity index (χ4v) is 3.23. The van der Waals surface area contributed by atoms with Crippen LogP contribution in [0.15, 0.2) is 4.99 Å².